The van der Waals surface area contributed by atoms with E-state index in [1.165, 1.54) is 17.2 Å². The van der Waals surface area contributed by atoms with E-state index in [4.69, 9.17) is 22.1 Å². The average molecular weight is 306 g/mol. The van der Waals surface area contributed by atoms with E-state index < -0.39 is 5.82 Å². The highest BCUT2D eigenvalue weighted by atomic mass is 35.5. The van der Waals surface area contributed by atoms with E-state index in [1.54, 1.807) is 12.1 Å². The SMILES string of the molecule is N[C@H]1CCCc2ccc(OCc3ccc(F)c(Cl)c3)cc21. The zero-order chi connectivity index (χ0) is 14.8. The number of ether oxygens (including phenoxy) is 1. The molecule has 1 aliphatic carbocycles. The van der Waals surface area contributed by atoms with Crippen molar-refractivity contribution in [2.24, 2.45) is 5.73 Å². The molecule has 0 aliphatic heterocycles. The number of rotatable bonds is 3. The molecule has 2 aromatic carbocycles. The van der Waals surface area contributed by atoms with Gasteiger partial charge in [0.25, 0.3) is 0 Å². The van der Waals surface area contributed by atoms with Gasteiger partial charge in [-0.25, -0.2) is 4.39 Å². The zero-order valence-corrected chi connectivity index (χ0v) is 12.4. The predicted octanol–water partition coefficient (Wildman–Crippen LogP) is 4.39. The van der Waals surface area contributed by atoms with Crippen LogP contribution in [0.15, 0.2) is 36.4 Å². The Labute approximate surface area is 128 Å². The molecule has 0 fully saturated rings. The molecule has 3 rings (SSSR count). The summed E-state index contributed by atoms with van der Waals surface area (Å²) in [7, 11) is 0. The summed E-state index contributed by atoms with van der Waals surface area (Å²) in [6.45, 7) is 0.355. The first-order valence-corrected chi connectivity index (χ1v) is 7.46. The van der Waals surface area contributed by atoms with Gasteiger partial charge in [0.1, 0.15) is 18.2 Å². The third kappa shape index (κ3) is 3.20. The lowest BCUT2D eigenvalue weighted by atomic mass is 9.88. The molecule has 21 heavy (non-hydrogen) atoms. The van der Waals surface area contributed by atoms with Crippen LogP contribution in [0.5, 0.6) is 5.75 Å². The summed E-state index contributed by atoms with van der Waals surface area (Å²) in [5.41, 5.74) is 9.47. The second-order valence-electron chi connectivity index (χ2n) is 5.40. The fraction of sp³-hybridized carbons (Fsp3) is 0.294. The van der Waals surface area contributed by atoms with Gasteiger partial charge in [0.2, 0.25) is 0 Å². The van der Waals surface area contributed by atoms with Gasteiger partial charge in [-0.05, 0) is 60.2 Å². The van der Waals surface area contributed by atoms with E-state index in [-0.39, 0.29) is 11.1 Å². The summed E-state index contributed by atoms with van der Waals surface area (Å²) >= 11 is 5.76. The average Bonchev–Trinajstić information content (AvgIpc) is 2.49. The molecular formula is C17H17ClFNO. The van der Waals surface area contributed by atoms with E-state index in [0.29, 0.717) is 6.61 Å². The van der Waals surface area contributed by atoms with Crippen molar-refractivity contribution in [2.45, 2.75) is 31.9 Å². The fourth-order valence-corrected chi connectivity index (χ4v) is 2.90. The summed E-state index contributed by atoms with van der Waals surface area (Å²) in [4.78, 5) is 0. The maximum absolute atomic E-state index is 13.1. The van der Waals surface area contributed by atoms with E-state index in [0.717, 1.165) is 30.6 Å². The monoisotopic (exact) mass is 305 g/mol. The minimum atomic E-state index is -0.417. The molecule has 2 aromatic rings. The van der Waals surface area contributed by atoms with Crippen molar-refractivity contribution >= 4 is 11.6 Å². The van der Waals surface area contributed by atoms with Crippen molar-refractivity contribution in [1.29, 1.82) is 0 Å². The van der Waals surface area contributed by atoms with Crippen molar-refractivity contribution in [1.82, 2.24) is 0 Å². The minimum absolute atomic E-state index is 0.0950. The van der Waals surface area contributed by atoms with Crippen LogP contribution in [-0.2, 0) is 13.0 Å². The first kappa shape index (κ1) is 14.4. The Bertz CT molecular complexity index is 659. The van der Waals surface area contributed by atoms with E-state index in [1.807, 2.05) is 12.1 Å². The number of fused-ring (bicyclic) bond motifs is 1. The highest BCUT2D eigenvalue weighted by Crippen LogP contribution is 2.31. The quantitative estimate of drug-likeness (QED) is 0.912. The van der Waals surface area contributed by atoms with Crippen LogP contribution in [-0.4, -0.2) is 0 Å². The third-order valence-corrected chi connectivity index (χ3v) is 4.16. The molecule has 110 valence electrons. The van der Waals surface area contributed by atoms with Crippen molar-refractivity contribution < 1.29 is 9.13 Å². The molecule has 2 N–H and O–H groups in total. The maximum atomic E-state index is 13.1. The summed E-state index contributed by atoms with van der Waals surface area (Å²) < 4.78 is 18.9. The highest BCUT2D eigenvalue weighted by Gasteiger charge is 2.17. The number of nitrogens with two attached hydrogens (primary N) is 1. The Kier molecular flexibility index (Phi) is 4.13. The molecule has 1 atom stereocenters. The highest BCUT2D eigenvalue weighted by molar-refractivity contribution is 6.30. The third-order valence-electron chi connectivity index (χ3n) is 3.87. The summed E-state index contributed by atoms with van der Waals surface area (Å²) in [6.07, 6.45) is 3.24. The van der Waals surface area contributed by atoms with Crippen LogP contribution >= 0.6 is 11.6 Å². The summed E-state index contributed by atoms with van der Waals surface area (Å²) in [6, 6.07) is 10.8. The predicted molar refractivity (Wildman–Crippen MR) is 82.1 cm³/mol. The Morgan fingerprint density at radius 1 is 1.24 bits per heavy atom. The largest absolute Gasteiger partial charge is 0.489 e. The Balaban J connectivity index is 1.73. The number of hydrogen-bond donors (Lipinski definition) is 1. The number of hydrogen-bond acceptors (Lipinski definition) is 2. The molecule has 0 saturated heterocycles. The van der Waals surface area contributed by atoms with Gasteiger partial charge in [0, 0.05) is 6.04 Å². The molecule has 0 saturated carbocycles. The smallest absolute Gasteiger partial charge is 0.141 e. The van der Waals surface area contributed by atoms with Crippen molar-refractivity contribution in [3.05, 3.63) is 63.9 Å². The van der Waals surface area contributed by atoms with Crippen molar-refractivity contribution in [3.8, 4) is 5.75 Å². The van der Waals surface area contributed by atoms with Crippen molar-refractivity contribution in [3.63, 3.8) is 0 Å². The molecule has 0 heterocycles. The molecule has 4 heteroatoms. The van der Waals surface area contributed by atoms with Crippen LogP contribution in [0.25, 0.3) is 0 Å². The van der Waals surface area contributed by atoms with Crippen LogP contribution in [0.3, 0.4) is 0 Å². The molecule has 2 nitrogen and oxygen atoms in total. The molecule has 0 aromatic heterocycles. The second-order valence-corrected chi connectivity index (χ2v) is 5.80. The normalized spacial score (nSPS) is 17.4. The minimum Gasteiger partial charge on any atom is -0.489 e. The molecule has 0 unspecified atom stereocenters. The molecule has 0 radical (unpaired) electrons. The Morgan fingerprint density at radius 2 is 2.10 bits per heavy atom. The lowest BCUT2D eigenvalue weighted by molar-refractivity contribution is 0.305. The molecule has 0 amide bonds. The Hall–Kier alpha value is -1.58. The number of benzene rings is 2. The lowest BCUT2D eigenvalue weighted by Crippen LogP contribution is -2.17. The van der Waals surface area contributed by atoms with Crippen LogP contribution in [0.1, 0.15) is 35.6 Å². The fourth-order valence-electron chi connectivity index (χ4n) is 2.70. The van der Waals surface area contributed by atoms with Crippen LogP contribution in [0.4, 0.5) is 4.39 Å². The van der Waals surface area contributed by atoms with Gasteiger partial charge in [-0.15, -0.1) is 0 Å². The van der Waals surface area contributed by atoms with Crippen LogP contribution in [0.2, 0.25) is 5.02 Å². The van der Waals surface area contributed by atoms with E-state index in [9.17, 15) is 4.39 Å². The van der Waals surface area contributed by atoms with Crippen LogP contribution in [0, 0.1) is 5.82 Å². The maximum Gasteiger partial charge on any atom is 0.141 e. The van der Waals surface area contributed by atoms with Gasteiger partial charge in [-0.2, -0.15) is 0 Å². The molecular weight excluding hydrogens is 289 g/mol. The van der Waals surface area contributed by atoms with Gasteiger partial charge < -0.3 is 10.5 Å². The molecule has 0 bridgehead atoms. The van der Waals surface area contributed by atoms with Crippen molar-refractivity contribution in [2.75, 3.05) is 0 Å². The van der Waals surface area contributed by atoms with Gasteiger partial charge in [0.15, 0.2) is 0 Å². The summed E-state index contributed by atoms with van der Waals surface area (Å²) in [5, 5.41) is 0.114. The standard InChI is InChI=1S/C17H17ClFNO/c18-15-8-11(4-7-16(15)19)10-21-13-6-5-12-2-1-3-17(20)14(12)9-13/h4-9,17H,1-3,10,20H2/t17-/m0/s1. The second kappa shape index (κ2) is 6.04. The van der Waals surface area contributed by atoms with Crippen LogP contribution < -0.4 is 10.5 Å². The van der Waals surface area contributed by atoms with Gasteiger partial charge in [0.05, 0.1) is 5.02 Å². The van der Waals surface area contributed by atoms with E-state index >= 15 is 0 Å². The Morgan fingerprint density at radius 3 is 2.90 bits per heavy atom. The zero-order valence-electron chi connectivity index (χ0n) is 11.6. The van der Waals surface area contributed by atoms with Gasteiger partial charge in [-0.3, -0.25) is 0 Å². The first-order chi connectivity index (χ1) is 10.1. The van der Waals surface area contributed by atoms with E-state index in [2.05, 4.69) is 6.07 Å². The molecule has 1 aliphatic rings. The number of aryl methyl sites for hydroxylation is 1. The number of halogens is 2. The topological polar surface area (TPSA) is 35.2 Å². The van der Waals surface area contributed by atoms with Gasteiger partial charge >= 0.3 is 0 Å². The van der Waals surface area contributed by atoms with Gasteiger partial charge in [-0.1, -0.05) is 23.7 Å². The molecule has 0 spiro atoms. The summed E-state index contributed by atoms with van der Waals surface area (Å²) in [5.74, 6) is 0.367. The lowest BCUT2D eigenvalue weighted by Gasteiger charge is -2.22. The first-order valence-electron chi connectivity index (χ1n) is 7.08.